The maximum atomic E-state index is 11.9. The summed E-state index contributed by atoms with van der Waals surface area (Å²) in [6.45, 7) is 3.04. The molecule has 0 aliphatic carbocycles. The minimum Gasteiger partial charge on any atom is -0.454 e. The van der Waals surface area contributed by atoms with Crippen LogP contribution in [-0.2, 0) is 33.3 Å². The molecule has 24 heavy (non-hydrogen) atoms. The fourth-order valence-corrected chi connectivity index (χ4v) is 3.34. The molecule has 9 heteroatoms. The second-order valence-corrected chi connectivity index (χ2v) is 8.71. The molecule has 5 unspecified atom stereocenters. The van der Waals surface area contributed by atoms with E-state index in [1.807, 2.05) is 35.6 Å². The predicted octanol–water partition coefficient (Wildman–Crippen LogP) is 0.652. The molecule has 2 bridgehead atoms. The Bertz CT molecular complexity index is 642. The highest BCUT2D eigenvalue weighted by molar-refractivity contribution is 14.1. The van der Waals surface area contributed by atoms with Crippen molar-refractivity contribution >= 4 is 40.5 Å². The first-order valence-corrected chi connectivity index (χ1v) is 8.66. The summed E-state index contributed by atoms with van der Waals surface area (Å²) in [7, 11) is 0. The van der Waals surface area contributed by atoms with E-state index in [1.54, 1.807) is 6.92 Å². The summed E-state index contributed by atoms with van der Waals surface area (Å²) in [5.74, 6) is -1.86. The average molecular weight is 449 g/mol. The molecule has 0 radical (unpaired) electrons. The van der Waals surface area contributed by atoms with E-state index in [9.17, 15) is 19.6 Å². The maximum Gasteiger partial charge on any atom is 0.344 e. The second-order valence-electron chi connectivity index (χ2n) is 6.33. The van der Waals surface area contributed by atoms with Gasteiger partial charge < -0.3 is 18.9 Å². The van der Waals surface area contributed by atoms with E-state index in [-0.39, 0.29) is 6.42 Å². The molecule has 3 rings (SSSR count). The van der Waals surface area contributed by atoms with Crippen molar-refractivity contribution in [2.24, 2.45) is 5.41 Å². The Balaban J connectivity index is 1.57. The normalized spacial score (nSPS) is 38.2. The number of carbonyl (C=O) groups excluding carboxylic acids is 3. The monoisotopic (exact) mass is 449 g/mol. The Labute approximate surface area is 151 Å². The molecular formula is C15H16INO7. The van der Waals surface area contributed by atoms with Crippen LogP contribution < -0.4 is 0 Å². The van der Waals surface area contributed by atoms with Gasteiger partial charge in [0, 0.05) is 6.42 Å². The van der Waals surface area contributed by atoms with Crippen LogP contribution in [0.1, 0.15) is 26.7 Å². The van der Waals surface area contributed by atoms with Crippen LogP contribution in [0.25, 0.3) is 0 Å². The second kappa shape index (κ2) is 5.84. The van der Waals surface area contributed by atoms with Gasteiger partial charge in [0.2, 0.25) is 0 Å². The van der Waals surface area contributed by atoms with Crippen molar-refractivity contribution in [3.63, 3.8) is 0 Å². The summed E-state index contributed by atoms with van der Waals surface area (Å²) < 4.78 is 20.3. The zero-order valence-electron chi connectivity index (χ0n) is 13.1. The predicted molar refractivity (Wildman–Crippen MR) is 84.8 cm³/mol. The van der Waals surface area contributed by atoms with E-state index in [0.29, 0.717) is 6.42 Å². The van der Waals surface area contributed by atoms with Crippen molar-refractivity contribution < 1.29 is 33.3 Å². The third-order valence-electron chi connectivity index (χ3n) is 4.80. The van der Waals surface area contributed by atoms with Gasteiger partial charge in [0.15, 0.2) is 24.2 Å². The van der Waals surface area contributed by atoms with Gasteiger partial charge >= 0.3 is 17.9 Å². The summed E-state index contributed by atoms with van der Waals surface area (Å²) in [5, 5.41) is 9.25. The fourth-order valence-electron chi connectivity index (χ4n) is 3.18. The quantitative estimate of drug-likeness (QED) is 0.261. The Morgan fingerprint density at radius 1 is 1.54 bits per heavy atom. The van der Waals surface area contributed by atoms with Gasteiger partial charge in [-0.05, 0) is 13.3 Å². The van der Waals surface area contributed by atoms with Crippen molar-refractivity contribution in [1.29, 1.82) is 5.26 Å². The van der Waals surface area contributed by atoms with Crippen LogP contribution in [0.15, 0.2) is 0 Å². The Morgan fingerprint density at radius 2 is 2.25 bits per heavy atom. The van der Waals surface area contributed by atoms with Gasteiger partial charge in [-0.25, -0.2) is 4.79 Å². The first kappa shape index (κ1) is 17.4. The molecule has 6 atom stereocenters. The smallest absolute Gasteiger partial charge is 0.344 e. The molecule has 0 spiro atoms. The molecule has 3 aliphatic heterocycles. The first-order valence-electron chi connectivity index (χ1n) is 7.58. The molecule has 130 valence electrons. The summed E-state index contributed by atoms with van der Waals surface area (Å²) in [6, 6.07) is 1.98. The number of ether oxygens (including phenoxy) is 4. The van der Waals surface area contributed by atoms with E-state index >= 15 is 0 Å². The molecule has 0 aromatic heterocycles. The molecular weight excluding hydrogens is 433 g/mol. The average Bonchev–Trinajstić information content (AvgIpc) is 3.14. The molecule has 3 fully saturated rings. The first-order chi connectivity index (χ1) is 11.2. The molecule has 3 saturated heterocycles. The van der Waals surface area contributed by atoms with Gasteiger partial charge in [-0.3, -0.25) is 9.59 Å². The van der Waals surface area contributed by atoms with Crippen molar-refractivity contribution in [1.82, 2.24) is 0 Å². The number of carbonyl (C=O) groups is 3. The molecule has 0 N–H and O–H groups in total. The third kappa shape index (κ3) is 2.47. The van der Waals surface area contributed by atoms with Crippen LogP contribution >= 0.6 is 22.6 Å². The van der Waals surface area contributed by atoms with E-state index in [2.05, 4.69) is 0 Å². The van der Waals surface area contributed by atoms with E-state index in [4.69, 9.17) is 18.9 Å². The number of hydrogen-bond acceptors (Lipinski definition) is 8. The summed E-state index contributed by atoms with van der Waals surface area (Å²) in [4.78, 5) is 35.7. The minimum absolute atomic E-state index is 0.142. The lowest BCUT2D eigenvalue weighted by molar-refractivity contribution is -0.169. The van der Waals surface area contributed by atoms with Gasteiger partial charge in [0.1, 0.15) is 15.6 Å². The molecule has 0 aromatic carbocycles. The Hall–Kier alpha value is -1.41. The van der Waals surface area contributed by atoms with Crippen molar-refractivity contribution in [2.45, 2.75) is 54.5 Å². The number of hydrogen-bond donors (Lipinski definition) is 0. The van der Waals surface area contributed by atoms with Gasteiger partial charge in [-0.2, -0.15) is 5.26 Å². The van der Waals surface area contributed by atoms with Crippen molar-refractivity contribution in [3.8, 4) is 6.07 Å². The molecule has 3 aliphatic rings. The molecule has 0 saturated carbocycles. The van der Waals surface area contributed by atoms with Gasteiger partial charge in [-0.1, -0.05) is 29.5 Å². The van der Waals surface area contributed by atoms with Crippen LogP contribution in [0.5, 0.6) is 0 Å². The van der Waals surface area contributed by atoms with Crippen LogP contribution in [0, 0.1) is 16.7 Å². The maximum absolute atomic E-state index is 11.9. The number of alkyl halides is 1. The van der Waals surface area contributed by atoms with Gasteiger partial charge in [0.25, 0.3) is 0 Å². The zero-order chi connectivity index (χ0) is 17.7. The number of rotatable bonds is 5. The van der Waals surface area contributed by atoms with E-state index in [0.717, 1.165) is 0 Å². The van der Waals surface area contributed by atoms with Crippen LogP contribution in [-0.4, -0.2) is 52.4 Å². The van der Waals surface area contributed by atoms with E-state index < -0.39 is 57.8 Å². The minimum atomic E-state index is -1.28. The number of nitriles is 1. The number of nitrogens with zero attached hydrogens (tertiary/aromatic N) is 1. The highest BCUT2D eigenvalue weighted by atomic mass is 127. The number of halogens is 1. The highest BCUT2D eigenvalue weighted by Gasteiger charge is 2.74. The lowest BCUT2D eigenvalue weighted by Crippen LogP contribution is -2.44. The SMILES string of the molecule is CC[C@](C)(I)C(=O)OCC(=O)OC1C2CC3(C#N)C(=O)OC1C3O2. The van der Waals surface area contributed by atoms with Crippen molar-refractivity contribution in [2.75, 3.05) is 6.61 Å². The highest BCUT2D eigenvalue weighted by Crippen LogP contribution is 2.54. The standard InChI is InChI=1S/C15H16INO7/c1-3-14(2,16)12(19)21-5-8(18)23-9-7-4-15(6-17)11(22-7)10(9)24-13(15)20/h7,9-11H,3-5H2,1-2H3/t7?,9?,10?,11?,14-,15?/m0/s1. The largest absolute Gasteiger partial charge is 0.454 e. The van der Waals surface area contributed by atoms with Crippen LogP contribution in [0.4, 0.5) is 0 Å². The van der Waals surface area contributed by atoms with Gasteiger partial charge in [0.05, 0.1) is 6.07 Å². The van der Waals surface area contributed by atoms with E-state index in [1.165, 1.54) is 0 Å². The molecule has 3 heterocycles. The molecule has 0 aromatic rings. The topological polar surface area (TPSA) is 112 Å². The third-order valence-corrected chi connectivity index (χ3v) is 6.01. The number of esters is 3. The zero-order valence-corrected chi connectivity index (χ0v) is 15.3. The number of fused-ring (bicyclic) bond motifs is 1. The fraction of sp³-hybridized carbons (Fsp3) is 0.733. The summed E-state index contributed by atoms with van der Waals surface area (Å²) in [5.41, 5.74) is -1.28. The lowest BCUT2D eigenvalue weighted by Gasteiger charge is -2.24. The lowest BCUT2D eigenvalue weighted by atomic mass is 9.75. The Kier molecular flexibility index (Phi) is 4.24. The summed E-state index contributed by atoms with van der Waals surface area (Å²) in [6.07, 6.45) is -2.11. The Morgan fingerprint density at radius 3 is 2.88 bits per heavy atom. The molecule has 0 amide bonds. The van der Waals surface area contributed by atoms with Crippen LogP contribution in [0.3, 0.4) is 0 Å². The van der Waals surface area contributed by atoms with Crippen molar-refractivity contribution in [3.05, 3.63) is 0 Å². The van der Waals surface area contributed by atoms with Crippen LogP contribution in [0.2, 0.25) is 0 Å². The summed E-state index contributed by atoms with van der Waals surface area (Å²) >= 11 is 1.97. The van der Waals surface area contributed by atoms with Gasteiger partial charge in [-0.15, -0.1) is 0 Å². The molecule has 8 nitrogen and oxygen atoms in total.